The third-order valence-corrected chi connectivity index (χ3v) is 4.32. The monoisotopic (exact) mass is 254 g/mol. The lowest BCUT2D eigenvalue weighted by atomic mass is 10.2. The smallest absolute Gasteiger partial charge is 0.0794 e. The van der Waals surface area contributed by atoms with E-state index in [4.69, 9.17) is 0 Å². The zero-order valence-electron chi connectivity index (χ0n) is 9.01. The predicted octanol–water partition coefficient (Wildman–Crippen LogP) is 2.34. The van der Waals surface area contributed by atoms with E-state index < -0.39 is 0 Å². The molecule has 0 bridgehead atoms. The molecular weight excluding hydrogens is 240 g/mol. The highest BCUT2D eigenvalue weighted by Crippen LogP contribution is 2.24. The van der Waals surface area contributed by atoms with E-state index in [2.05, 4.69) is 28.7 Å². The van der Waals surface area contributed by atoms with Crippen molar-refractivity contribution in [2.75, 3.05) is 6.61 Å². The van der Waals surface area contributed by atoms with Crippen molar-refractivity contribution in [1.29, 1.82) is 0 Å². The number of aromatic nitrogens is 1. The average molecular weight is 254 g/mol. The second kappa shape index (κ2) is 5.54. The molecule has 0 aliphatic heterocycles. The van der Waals surface area contributed by atoms with Crippen LogP contribution in [0.1, 0.15) is 21.4 Å². The van der Waals surface area contributed by atoms with E-state index in [1.165, 1.54) is 15.3 Å². The minimum absolute atomic E-state index is 0.0297. The fraction of sp³-hybridized carbons (Fsp3) is 0.364. The number of nitrogens with one attached hydrogen (secondary N) is 1. The summed E-state index contributed by atoms with van der Waals surface area (Å²) in [5, 5.41) is 14.8. The van der Waals surface area contributed by atoms with Gasteiger partial charge >= 0.3 is 0 Å². The summed E-state index contributed by atoms with van der Waals surface area (Å²) in [4.78, 5) is 6.43. The first-order chi connectivity index (χ1) is 7.81. The van der Waals surface area contributed by atoms with E-state index in [9.17, 15) is 5.11 Å². The van der Waals surface area contributed by atoms with Gasteiger partial charge in [-0.05, 0) is 23.9 Å². The first-order valence-electron chi connectivity index (χ1n) is 5.07. The molecule has 16 heavy (non-hydrogen) atoms. The first-order valence-corrected chi connectivity index (χ1v) is 6.82. The molecule has 0 aromatic carbocycles. The molecule has 1 atom stereocenters. The van der Waals surface area contributed by atoms with Crippen molar-refractivity contribution < 1.29 is 5.11 Å². The number of hydrogen-bond donors (Lipinski definition) is 2. The summed E-state index contributed by atoms with van der Waals surface area (Å²) in [5.74, 6) is 0. The molecular formula is C11H14N2OS2. The molecule has 2 aromatic heterocycles. The molecule has 0 fully saturated rings. The van der Waals surface area contributed by atoms with Gasteiger partial charge in [-0.2, -0.15) is 0 Å². The lowest BCUT2D eigenvalue weighted by molar-refractivity contribution is 0.245. The standard InChI is InChI=1S/C11H14N2OS2/c1-8-2-3-15-11(8)10(6-14)13-5-9-4-12-7-16-9/h2-4,7,10,13-14H,5-6H2,1H3. The average Bonchev–Trinajstić information content (AvgIpc) is 2.92. The fourth-order valence-electron chi connectivity index (χ4n) is 1.53. The Hall–Kier alpha value is -0.750. The Balaban J connectivity index is 1.99. The second-order valence-corrected chi connectivity index (χ2v) is 5.47. The van der Waals surface area contributed by atoms with Crippen LogP contribution >= 0.6 is 22.7 Å². The van der Waals surface area contributed by atoms with Crippen LogP contribution in [0.5, 0.6) is 0 Å². The lowest BCUT2D eigenvalue weighted by Gasteiger charge is -2.15. The van der Waals surface area contributed by atoms with E-state index in [1.54, 1.807) is 22.7 Å². The maximum atomic E-state index is 9.38. The number of nitrogens with zero attached hydrogens (tertiary/aromatic N) is 1. The maximum Gasteiger partial charge on any atom is 0.0794 e. The predicted molar refractivity (Wildman–Crippen MR) is 67.8 cm³/mol. The molecule has 2 N–H and O–H groups in total. The van der Waals surface area contributed by atoms with E-state index >= 15 is 0 Å². The minimum atomic E-state index is 0.0297. The number of aliphatic hydroxyl groups excluding tert-OH is 1. The molecule has 0 aliphatic rings. The summed E-state index contributed by atoms with van der Waals surface area (Å²) in [6.07, 6.45) is 1.85. The van der Waals surface area contributed by atoms with Gasteiger partial charge in [0.05, 0.1) is 18.2 Å². The van der Waals surface area contributed by atoms with Crippen molar-refractivity contribution in [1.82, 2.24) is 10.3 Å². The lowest BCUT2D eigenvalue weighted by Crippen LogP contribution is -2.23. The molecule has 0 radical (unpaired) electrons. The summed E-state index contributed by atoms with van der Waals surface area (Å²) in [6, 6.07) is 2.11. The Morgan fingerprint density at radius 2 is 2.38 bits per heavy atom. The van der Waals surface area contributed by atoms with Crippen molar-refractivity contribution in [3.05, 3.63) is 38.5 Å². The Labute approximate surface area is 103 Å². The van der Waals surface area contributed by atoms with Crippen LogP contribution in [0.2, 0.25) is 0 Å². The highest BCUT2D eigenvalue weighted by Gasteiger charge is 2.13. The molecule has 2 aromatic rings. The van der Waals surface area contributed by atoms with Crippen LogP contribution in [0.3, 0.4) is 0 Å². The molecule has 2 rings (SSSR count). The normalized spacial score (nSPS) is 12.9. The summed E-state index contributed by atoms with van der Waals surface area (Å²) in [7, 11) is 0. The van der Waals surface area contributed by atoms with Gasteiger partial charge in [-0.25, -0.2) is 0 Å². The topological polar surface area (TPSA) is 45.1 Å². The largest absolute Gasteiger partial charge is 0.394 e. The number of aliphatic hydroxyl groups is 1. The molecule has 5 heteroatoms. The Morgan fingerprint density at radius 1 is 1.50 bits per heavy atom. The molecule has 86 valence electrons. The molecule has 1 unspecified atom stereocenters. The molecule has 0 saturated heterocycles. The zero-order chi connectivity index (χ0) is 11.4. The van der Waals surface area contributed by atoms with Crippen LogP contribution in [-0.4, -0.2) is 16.7 Å². The Morgan fingerprint density at radius 3 is 2.94 bits per heavy atom. The SMILES string of the molecule is Cc1ccsc1C(CO)NCc1cncs1. The van der Waals surface area contributed by atoms with Crippen LogP contribution in [-0.2, 0) is 6.54 Å². The van der Waals surface area contributed by atoms with Crippen molar-refractivity contribution in [3.8, 4) is 0 Å². The van der Waals surface area contributed by atoms with Crippen molar-refractivity contribution in [3.63, 3.8) is 0 Å². The number of thiazole rings is 1. The van der Waals surface area contributed by atoms with Gasteiger partial charge in [0.15, 0.2) is 0 Å². The fourth-order valence-corrected chi connectivity index (χ4v) is 3.08. The molecule has 2 heterocycles. The van der Waals surface area contributed by atoms with Crippen LogP contribution in [0.4, 0.5) is 0 Å². The van der Waals surface area contributed by atoms with Gasteiger partial charge in [0, 0.05) is 22.5 Å². The molecule has 0 saturated carbocycles. The third kappa shape index (κ3) is 2.68. The first kappa shape index (κ1) is 11.7. The van der Waals surface area contributed by atoms with Crippen LogP contribution in [0.15, 0.2) is 23.2 Å². The van der Waals surface area contributed by atoms with Gasteiger partial charge in [0.2, 0.25) is 0 Å². The Kier molecular flexibility index (Phi) is 4.06. The van der Waals surface area contributed by atoms with E-state index in [0.717, 1.165) is 6.54 Å². The highest BCUT2D eigenvalue weighted by molar-refractivity contribution is 7.10. The van der Waals surface area contributed by atoms with Gasteiger partial charge in [0.1, 0.15) is 0 Å². The third-order valence-electron chi connectivity index (χ3n) is 2.41. The number of rotatable bonds is 5. The summed E-state index contributed by atoms with van der Waals surface area (Å²) in [5.41, 5.74) is 3.06. The van der Waals surface area contributed by atoms with Crippen molar-refractivity contribution in [2.24, 2.45) is 0 Å². The minimum Gasteiger partial charge on any atom is -0.394 e. The Bertz CT molecular complexity index is 425. The quantitative estimate of drug-likeness (QED) is 0.861. The van der Waals surface area contributed by atoms with Crippen LogP contribution in [0.25, 0.3) is 0 Å². The number of thiophene rings is 1. The van der Waals surface area contributed by atoms with Gasteiger partial charge < -0.3 is 10.4 Å². The highest BCUT2D eigenvalue weighted by atomic mass is 32.1. The second-order valence-electron chi connectivity index (χ2n) is 3.55. The van der Waals surface area contributed by atoms with E-state index in [0.29, 0.717) is 0 Å². The number of aryl methyl sites for hydroxylation is 1. The number of hydrogen-bond acceptors (Lipinski definition) is 5. The van der Waals surface area contributed by atoms with Crippen molar-refractivity contribution in [2.45, 2.75) is 19.5 Å². The summed E-state index contributed by atoms with van der Waals surface area (Å²) >= 11 is 3.31. The van der Waals surface area contributed by atoms with Gasteiger partial charge in [-0.1, -0.05) is 0 Å². The van der Waals surface area contributed by atoms with Gasteiger partial charge in [-0.3, -0.25) is 4.98 Å². The molecule has 0 aliphatic carbocycles. The van der Waals surface area contributed by atoms with Gasteiger partial charge in [-0.15, -0.1) is 22.7 Å². The van der Waals surface area contributed by atoms with Gasteiger partial charge in [0.25, 0.3) is 0 Å². The maximum absolute atomic E-state index is 9.38. The van der Waals surface area contributed by atoms with Crippen LogP contribution in [0, 0.1) is 6.92 Å². The summed E-state index contributed by atoms with van der Waals surface area (Å²) in [6.45, 7) is 2.95. The van der Waals surface area contributed by atoms with E-state index in [1.807, 2.05) is 11.7 Å². The van der Waals surface area contributed by atoms with E-state index in [-0.39, 0.29) is 12.6 Å². The molecule has 0 spiro atoms. The molecule has 0 amide bonds. The van der Waals surface area contributed by atoms with Crippen molar-refractivity contribution >= 4 is 22.7 Å². The zero-order valence-corrected chi connectivity index (χ0v) is 10.6. The molecule has 3 nitrogen and oxygen atoms in total. The van der Waals surface area contributed by atoms with Crippen LogP contribution < -0.4 is 5.32 Å². The summed E-state index contributed by atoms with van der Waals surface area (Å²) < 4.78 is 0.